The minimum atomic E-state index is -0.102. The van der Waals surface area contributed by atoms with Crippen LogP contribution in [0.25, 0.3) is 136 Å². The molecule has 0 fully saturated rings. The topological polar surface area (TPSA) is 19.6 Å². The molecule has 0 atom stereocenters. The molecule has 414 valence electrons. The van der Waals surface area contributed by atoms with Crippen molar-refractivity contribution < 1.29 is 4.42 Å². The van der Waals surface area contributed by atoms with E-state index in [0.717, 1.165) is 61.6 Å². The van der Waals surface area contributed by atoms with Gasteiger partial charge in [0.15, 0.2) is 0 Å². The van der Waals surface area contributed by atoms with Crippen LogP contribution in [0.1, 0.15) is 25.0 Å². The molecule has 0 radical (unpaired) electrons. The van der Waals surface area contributed by atoms with E-state index in [1.165, 1.54) is 120 Å². The van der Waals surface area contributed by atoms with Crippen molar-refractivity contribution in [1.29, 1.82) is 0 Å². The van der Waals surface area contributed by atoms with Gasteiger partial charge in [-0.2, -0.15) is 0 Å². The lowest BCUT2D eigenvalue weighted by atomic mass is 9.82. The van der Waals surface area contributed by atoms with Crippen LogP contribution in [0, 0.1) is 0 Å². The maximum absolute atomic E-state index is 6.73. The van der Waals surface area contributed by atoms with E-state index < -0.39 is 0 Å². The molecule has 0 bridgehead atoms. The molecule has 88 heavy (non-hydrogen) atoms. The van der Waals surface area contributed by atoms with Crippen LogP contribution in [-0.4, -0.2) is 0 Å². The number of benzene rings is 13. The molecule has 0 amide bonds. The molecule has 0 aliphatic heterocycles. The van der Waals surface area contributed by atoms with E-state index in [1.807, 2.05) is 45.3 Å². The first-order chi connectivity index (χ1) is 43.3. The number of thiophene rings is 4. The van der Waals surface area contributed by atoms with Crippen LogP contribution >= 0.6 is 45.3 Å². The van der Waals surface area contributed by atoms with E-state index in [4.69, 9.17) is 4.42 Å². The second-order valence-electron chi connectivity index (χ2n) is 23.9. The van der Waals surface area contributed by atoms with Crippen molar-refractivity contribution in [2.45, 2.75) is 19.3 Å². The Bertz CT molecular complexity index is 5840. The first-order valence-electron chi connectivity index (χ1n) is 29.9. The molecule has 1 aliphatic carbocycles. The number of nitrogens with zero attached hydrogens (tertiary/aromatic N) is 2. The summed E-state index contributed by atoms with van der Waals surface area (Å²) in [5.41, 5.74) is 18.4. The van der Waals surface area contributed by atoms with Crippen molar-refractivity contribution in [2.75, 3.05) is 9.80 Å². The molecule has 0 spiro atoms. The normalized spacial score (nSPS) is 13.0. The summed E-state index contributed by atoms with van der Waals surface area (Å²) in [7, 11) is 0. The fraction of sp³-hybridized carbons (Fsp3) is 0.0370. The number of hydrogen-bond donors (Lipinski definition) is 0. The van der Waals surface area contributed by atoms with Crippen LogP contribution in [0.5, 0.6) is 0 Å². The molecule has 0 unspecified atom stereocenters. The van der Waals surface area contributed by atoms with Crippen LogP contribution in [0.2, 0.25) is 0 Å². The van der Waals surface area contributed by atoms with Crippen molar-refractivity contribution >= 4 is 182 Å². The van der Waals surface area contributed by atoms with Gasteiger partial charge in [-0.1, -0.05) is 141 Å². The highest BCUT2D eigenvalue weighted by Gasteiger charge is 2.36. The van der Waals surface area contributed by atoms with E-state index >= 15 is 0 Å². The summed E-state index contributed by atoms with van der Waals surface area (Å²) in [4.78, 5) is 4.89. The molecular formula is C81H50N2OS4. The number of rotatable bonds is 8. The van der Waals surface area contributed by atoms with Crippen molar-refractivity contribution in [1.82, 2.24) is 0 Å². The Morgan fingerprint density at radius 3 is 1.31 bits per heavy atom. The molecule has 19 rings (SSSR count). The van der Waals surface area contributed by atoms with Crippen LogP contribution < -0.4 is 9.80 Å². The largest absolute Gasteiger partial charge is 0.456 e. The summed E-state index contributed by atoms with van der Waals surface area (Å²) in [6.07, 6.45) is 0. The van der Waals surface area contributed by atoms with E-state index in [1.54, 1.807) is 0 Å². The third kappa shape index (κ3) is 7.64. The van der Waals surface area contributed by atoms with Gasteiger partial charge in [0.25, 0.3) is 0 Å². The van der Waals surface area contributed by atoms with Gasteiger partial charge in [0, 0.05) is 131 Å². The highest BCUT2D eigenvalue weighted by Crippen LogP contribution is 2.52. The standard InChI is InChI=1S/C81H50N2OS4/c1-81(2)69-18-7-3-12-57(69)62-42-51(28-33-70(62)81)82(50-26-22-47(23-27-50)48-25-36-76-65(40-48)58-13-4-8-19-73(58)85-76)52-29-35-72-64(43-52)63-41-49(24-34-71(63)84-72)56-16-11-17-61-68-46-55(32-39-79(68)88-80(56)61)83(53-30-37-77-66(44-53)59-14-5-9-20-74(59)86-77)54-31-38-78-67(45-54)60-15-6-10-21-75(60)87-78/h3-46H,1-2H3. The van der Waals surface area contributed by atoms with Gasteiger partial charge in [-0.15, -0.1) is 45.3 Å². The molecule has 13 aromatic carbocycles. The zero-order valence-corrected chi connectivity index (χ0v) is 51.1. The number of fused-ring (bicyclic) bond motifs is 18. The Hall–Kier alpha value is -9.86. The molecular weight excluding hydrogens is 1150 g/mol. The minimum Gasteiger partial charge on any atom is -0.456 e. The molecule has 18 aromatic rings. The summed E-state index contributed by atoms with van der Waals surface area (Å²) >= 11 is 7.46. The molecule has 5 aromatic heterocycles. The fourth-order valence-electron chi connectivity index (χ4n) is 14.4. The second-order valence-corrected chi connectivity index (χ2v) is 28.2. The monoisotopic (exact) mass is 1190 g/mol. The molecule has 0 saturated carbocycles. The van der Waals surface area contributed by atoms with E-state index in [2.05, 4.69) is 291 Å². The Balaban J connectivity index is 0.729. The van der Waals surface area contributed by atoms with Crippen LogP contribution in [0.3, 0.4) is 0 Å². The number of hydrogen-bond acceptors (Lipinski definition) is 7. The molecule has 5 heterocycles. The van der Waals surface area contributed by atoms with Crippen LogP contribution in [0.4, 0.5) is 34.1 Å². The lowest BCUT2D eigenvalue weighted by Gasteiger charge is -2.27. The first-order valence-corrected chi connectivity index (χ1v) is 33.2. The lowest BCUT2D eigenvalue weighted by Crippen LogP contribution is -2.15. The van der Waals surface area contributed by atoms with E-state index in [-0.39, 0.29) is 5.41 Å². The summed E-state index contributed by atoms with van der Waals surface area (Å²) < 4.78 is 17.1. The Morgan fingerprint density at radius 2 is 0.659 bits per heavy atom. The highest BCUT2D eigenvalue weighted by molar-refractivity contribution is 7.27. The van der Waals surface area contributed by atoms with E-state index in [0.29, 0.717) is 0 Å². The smallest absolute Gasteiger partial charge is 0.135 e. The zero-order chi connectivity index (χ0) is 57.9. The lowest BCUT2D eigenvalue weighted by molar-refractivity contribution is 0.660. The summed E-state index contributed by atoms with van der Waals surface area (Å²) in [5, 5.41) is 12.4. The minimum absolute atomic E-state index is 0.102. The Labute approximate surface area is 523 Å². The van der Waals surface area contributed by atoms with Crippen molar-refractivity contribution in [3.63, 3.8) is 0 Å². The molecule has 7 heteroatoms. The van der Waals surface area contributed by atoms with Gasteiger partial charge in [-0.05, 0) is 184 Å². The average molecular weight is 1200 g/mol. The maximum Gasteiger partial charge on any atom is 0.135 e. The summed E-state index contributed by atoms with van der Waals surface area (Å²) in [6, 6.07) is 99.8. The maximum atomic E-state index is 6.73. The number of anilines is 6. The predicted molar refractivity (Wildman–Crippen MR) is 383 cm³/mol. The SMILES string of the molecule is CC1(C)c2ccccc2-c2cc(N(c3ccc(-c4ccc5sc6ccccc6c5c4)cc3)c3ccc4oc5ccc(-c6cccc7c6sc6ccc(N(c8ccc9sc%10ccccc%10c9c8)c8ccc9sc%10ccccc%10c9c8)cc67)cc5c4c3)ccc21. The Morgan fingerprint density at radius 1 is 0.261 bits per heavy atom. The zero-order valence-electron chi connectivity index (χ0n) is 47.8. The van der Waals surface area contributed by atoms with Gasteiger partial charge in [0.1, 0.15) is 11.2 Å². The third-order valence-corrected chi connectivity index (χ3v) is 23.3. The third-order valence-electron chi connectivity index (χ3n) is 18.7. The quantitative estimate of drug-likeness (QED) is 0.151. The van der Waals surface area contributed by atoms with Crippen LogP contribution in [-0.2, 0) is 5.41 Å². The van der Waals surface area contributed by atoms with Gasteiger partial charge in [-0.25, -0.2) is 0 Å². The van der Waals surface area contributed by atoms with Crippen LogP contribution in [0.15, 0.2) is 271 Å². The van der Waals surface area contributed by atoms with Gasteiger partial charge in [-0.3, -0.25) is 0 Å². The molecule has 0 N–H and O–H groups in total. The van der Waals surface area contributed by atoms with E-state index in [9.17, 15) is 0 Å². The van der Waals surface area contributed by atoms with Gasteiger partial charge in [0.05, 0.1) is 0 Å². The highest BCUT2D eigenvalue weighted by atomic mass is 32.1. The predicted octanol–water partition coefficient (Wildman–Crippen LogP) is 25.6. The molecule has 0 saturated heterocycles. The number of furan rings is 1. The first kappa shape index (κ1) is 50.3. The summed E-state index contributed by atoms with van der Waals surface area (Å²) in [5.74, 6) is 0. The summed E-state index contributed by atoms with van der Waals surface area (Å²) in [6.45, 7) is 4.70. The van der Waals surface area contributed by atoms with Gasteiger partial charge >= 0.3 is 0 Å². The average Bonchev–Trinajstić information content (AvgIpc) is 4.46. The van der Waals surface area contributed by atoms with Crippen molar-refractivity contribution in [3.8, 4) is 33.4 Å². The van der Waals surface area contributed by atoms with Gasteiger partial charge < -0.3 is 14.2 Å². The van der Waals surface area contributed by atoms with Crippen molar-refractivity contribution in [3.05, 3.63) is 278 Å². The Kier molecular flexibility index (Phi) is 10.9. The fourth-order valence-corrected chi connectivity index (χ4v) is 18.9. The second kappa shape index (κ2) is 19.1. The molecule has 3 nitrogen and oxygen atoms in total. The van der Waals surface area contributed by atoms with Gasteiger partial charge in [0.2, 0.25) is 0 Å². The molecule has 1 aliphatic rings. The van der Waals surface area contributed by atoms with Crippen molar-refractivity contribution in [2.24, 2.45) is 0 Å².